The normalized spacial score (nSPS) is 57.9. The van der Waals surface area contributed by atoms with Crippen LogP contribution in [0.5, 0.6) is 0 Å². The summed E-state index contributed by atoms with van der Waals surface area (Å²) >= 11 is 0. The van der Waals surface area contributed by atoms with Crippen molar-refractivity contribution in [2.45, 2.75) is 18.5 Å². The van der Waals surface area contributed by atoms with E-state index in [1.807, 2.05) is 9.36 Å². The highest BCUT2D eigenvalue weighted by atomic mass is 16.2. The summed E-state index contributed by atoms with van der Waals surface area (Å²) in [5, 5.41) is 0. The maximum atomic E-state index is 12.2. The smallest absolute Gasteiger partial charge is 0.246 e. The molecule has 0 N–H and O–H groups in total. The first-order chi connectivity index (χ1) is 8.22. The highest BCUT2D eigenvalue weighted by Crippen LogP contribution is 2.85. The van der Waals surface area contributed by atoms with E-state index >= 15 is 0 Å². The molecule has 1 aromatic heterocycles. The molecule has 0 unspecified atom stereocenters. The second-order valence-corrected chi connectivity index (χ2v) is 6.67. The summed E-state index contributed by atoms with van der Waals surface area (Å²) < 4.78 is 4.93. The van der Waals surface area contributed by atoms with Gasteiger partial charge in [-0.05, 0) is 41.9 Å². The van der Waals surface area contributed by atoms with Crippen LogP contribution in [0.4, 0.5) is 0 Å². The molecule has 2 aliphatic heterocycles. The van der Waals surface area contributed by atoms with Crippen LogP contribution < -0.4 is 11.4 Å². The molecule has 4 saturated carbocycles. The minimum absolute atomic E-state index is 0.0853. The second-order valence-electron chi connectivity index (χ2n) is 6.67. The molecular weight excluding hydrogens is 218 g/mol. The van der Waals surface area contributed by atoms with Crippen molar-refractivity contribution in [2.75, 3.05) is 0 Å². The van der Waals surface area contributed by atoms with Crippen LogP contribution in [0.25, 0.3) is 0 Å². The summed E-state index contributed by atoms with van der Waals surface area (Å²) in [6.07, 6.45) is 1.33. The van der Waals surface area contributed by atoms with Crippen LogP contribution >= 0.6 is 0 Å². The van der Waals surface area contributed by atoms with Crippen LogP contribution in [0.15, 0.2) is 9.59 Å². The van der Waals surface area contributed by atoms with Gasteiger partial charge in [0.1, 0.15) is 0 Å². The van der Waals surface area contributed by atoms with E-state index in [4.69, 9.17) is 0 Å². The van der Waals surface area contributed by atoms with Gasteiger partial charge in [0.2, 0.25) is 0 Å². The van der Waals surface area contributed by atoms with Crippen LogP contribution in [0.1, 0.15) is 18.5 Å². The zero-order chi connectivity index (χ0) is 11.2. The SMILES string of the molecule is Cn1c(=O)n2n(c1=O)[C@@H]1[C@@H]3C[C@H]4[C@H]5[C@@H]([C@H]41)[C@@H]2[C@H]35. The van der Waals surface area contributed by atoms with Crippen molar-refractivity contribution in [1.82, 2.24) is 13.9 Å². The lowest BCUT2D eigenvalue weighted by molar-refractivity contribution is -0.264. The minimum atomic E-state index is -0.0873. The molecule has 4 bridgehead atoms. The third kappa shape index (κ3) is 0.478. The van der Waals surface area contributed by atoms with Gasteiger partial charge in [0.25, 0.3) is 0 Å². The summed E-state index contributed by atoms with van der Waals surface area (Å²) in [6.45, 7) is 0. The van der Waals surface area contributed by atoms with Gasteiger partial charge in [0, 0.05) is 7.05 Å². The Morgan fingerprint density at radius 1 is 0.882 bits per heavy atom. The third-order valence-corrected chi connectivity index (χ3v) is 6.75. The first-order valence-electron chi connectivity index (χ1n) is 6.62. The van der Waals surface area contributed by atoms with Crippen molar-refractivity contribution >= 4 is 0 Å². The Balaban J connectivity index is 1.80. The standard InChI is InChI=1S/C12H13N3O2/c1-13-11(16)14-9-4-2-3-5-7(4)10(8(5)6(3)9)15(14)12(13)17/h3-10H,2H2,1H3/t3-,4+,5+,6-,7+,8-,9+,10-/m0/s1. The highest BCUT2D eigenvalue weighted by Gasteiger charge is 2.83. The summed E-state index contributed by atoms with van der Waals surface area (Å²) in [5.74, 6) is 4.74. The van der Waals surface area contributed by atoms with Gasteiger partial charge in [-0.2, -0.15) is 0 Å². The first kappa shape index (κ1) is 7.95. The van der Waals surface area contributed by atoms with Crippen molar-refractivity contribution in [2.24, 2.45) is 42.6 Å². The lowest BCUT2D eigenvalue weighted by atomic mass is 9.37. The topological polar surface area (TPSA) is 48.9 Å². The van der Waals surface area contributed by atoms with Crippen LogP contribution in [0.2, 0.25) is 0 Å². The predicted octanol–water partition coefficient (Wildman–Crippen LogP) is -0.414. The van der Waals surface area contributed by atoms with Crippen LogP contribution in [0.3, 0.4) is 0 Å². The molecule has 17 heavy (non-hydrogen) atoms. The Kier molecular flexibility index (Phi) is 0.867. The van der Waals surface area contributed by atoms with Crippen LogP contribution in [-0.4, -0.2) is 13.9 Å². The lowest BCUT2D eigenvalue weighted by Crippen LogP contribution is -2.73. The van der Waals surface area contributed by atoms with E-state index in [-0.39, 0.29) is 11.4 Å². The van der Waals surface area contributed by atoms with E-state index in [1.54, 1.807) is 7.05 Å². The van der Waals surface area contributed by atoms with Crippen molar-refractivity contribution in [3.63, 3.8) is 0 Å². The summed E-state index contributed by atoms with van der Waals surface area (Å²) in [4.78, 5) is 24.3. The monoisotopic (exact) mass is 231 g/mol. The molecule has 4 aliphatic carbocycles. The molecule has 7 rings (SSSR count). The highest BCUT2D eigenvalue weighted by molar-refractivity contribution is 5.30. The van der Waals surface area contributed by atoms with E-state index in [0.29, 0.717) is 18.0 Å². The van der Waals surface area contributed by atoms with E-state index in [2.05, 4.69) is 0 Å². The van der Waals surface area contributed by atoms with Gasteiger partial charge in [-0.25, -0.2) is 23.5 Å². The van der Waals surface area contributed by atoms with Gasteiger partial charge in [-0.3, -0.25) is 0 Å². The molecular formula is C12H13N3O2. The van der Waals surface area contributed by atoms with Gasteiger partial charge in [0.05, 0.1) is 12.1 Å². The molecule has 0 amide bonds. The molecule has 3 heterocycles. The first-order valence-corrected chi connectivity index (χ1v) is 6.62. The summed E-state index contributed by atoms with van der Waals surface area (Å²) in [5.41, 5.74) is -0.173. The fourth-order valence-electron chi connectivity index (χ4n) is 6.52. The molecule has 4 fully saturated rings. The Morgan fingerprint density at radius 3 is 2.24 bits per heavy atom. The number of hydrogen-bond acceptors (Lipinski definition) is 2. The van der Waals surface area contributed by atoms with E-state index in [1.165, 1.54) is 11.0 Å². The summed E-state index contributed by atoms with van der Waals surface area (Å²) in [6, 6.07) is 0.742. The Bertz CT molecular complexity index is 706. The lowest BCUT2D eigenvalue weighted by Gasteiger charge is -2.73. The van der Waals surface area contributed by atoms with E-state index in [9.17, 15) is 9.59 Å². The third-order valence-electron chi connectivity index (χ3n) is 6.75. The molecule has 0 radical (unpaired) electrons. The van der Waals surface area contributed by atoms with Crippen molar-refractivity contribution in [3.8, 4) is 0 Å². The van der Waals surface area contributed by atoms with Gasteiger partial charge in [-0.1, -0.05) is 0 Å². The van der Waals surface area contributed by atoms with Crippen LogP contribution in [-0.2, 0) is 7.05 Å². The Hall–Kier alpha value is -1.26. The quantitative estimate of drug-likeness (QED) is 0.609. The molecule has 8 atom stereocenters. The zero-order valence-corrected chi connectivity index (χ0v) is 9.48. The number of aromatic nitrogens is 3. The number of hydrogen-bond donors (Lipinski definition) is 0. The largest absolute Gasteiger partial charge is 0.347 e. The Morgan fingerprint density at radius 2 is 1.53 bits per heavy atom. The van der Waals surface area contributed by atoms with Gasteiger partial charge < -0.3 is 0 Å². The van der Waals surface area contributed by atoms with Crippen LogP contribution in [0, 0.1) is 35.5 Å². The molecule has 0 saturated heterocycles. The van der Waals surface area contributed by atoms with E-state index in [0.717, 1.165) is 29.6 Å². The average Bonchev–Trinajstić information content (AvgIpc) is 2.80. The molecule has 6 aliphatic rings. The molecule has 0 spiro atoms. The second kappa shape index (κ2) is 1.85. The average molecular weight is 231 g/mol. The molecule has 5 heteroatoms. The van der Waals surface area contributed by atoms with Crippen molar-refractivity contribution in [1.29, 1.82) is 0 Å². The van der Waals surface area contributed by atoms with Crippen molar-refractivity contribution < 1.29 is 0 Å². The van der Waals surface area contributed by atoms with Gasteiger partial charge in [0.15, 0.2) is 0 Å². The molecule has 88 valence electrons. The van der Waals surface area contributed by atoms with Gasteiger partial charge >= 0.3 is 11.4 Å². The zero-order valence-electron chi connectivity index (χ0n) is 9.48. The minimum Gasteiger partial charge on any atom is -0.246 e. The molecule has 5 nitrogen and oxygen atoms in total. The molecule has 0 aromatic carbocycles. The van der Waals surface area contributed by atoms with Gasteiger partial charge in [-0.15, -0.1) is 0 Å². The maximum Gasteiger partial charge on any atom is 0.347 e. The fraction of sp³-hybridized carbons (Fsp3) is 0.833. The molecule has 1 aromatic rings. The maximum absolute atomic E-state index is 12.2. The predicted molar refractivity (Wildman–Crippen MR) is 57.6 cm³/mol. The van der Waals surface area contributed by atoms with E-state index < -0.39 is 0 Å². The number of nitrogens with zero attached hydrogens (tertiary/aromatic N) is 3. The fourth-order valence-corrected chi connectivity index (χ4v) is 6.52. The summed E-state index contributed by atoms with van der Waals surface area (Å²) in [7, 11) is 1.61. The number of rotatable bonds is 0. The Labute approximate surface area is 96.6 Å². The van der Waals surface area contributed by atoms with Crippen molar-refractivity contribution in [3.05, 3.63) is 21.0 Å².